The lowest BCUT2D eigenvalue weighted by molar-refractivity contribution is -0.122. The summed E-state index contributed by atoms with van der Waals surface area (Å²) in [6, 6.07) is 18.9. The number of benzene rings is 2. The van der Waals surface area contributed by atoms with E-state index < -0.39 is 17.8 Å². The van der Waals surface area contributed by atoms with Crippen LogP contribution in [0.2, 0.25) is 0 Å². The highest BCUT2D eigenvalue weighted by molar-refractivity contribution is 6.39. The van der Waals surface area contributed by atoms with Crippen molar-refractivity contribution < 1.29 is 19.1 Å². The second kappa shape index (κ2) is 7.71. The van der Waals surface area contributed by atoms with Gasteiger partial charge in [-0.05, 0) is 61.5 Å². The molecule has 2 heterocycles. The Morgan fingerprint density at radius 3 is 2.23 bits per heavy atom. The predicted molar refractivity (Wildman–Crippen MR) is 113 cm³/mol. The van der Waals surface area contributed by atoms with Gasteiger partial charge in [-0.2, -0.15) is 0 Å². The van der Waals surface area contributed by atoms with Crippen LogP contribution in [0.4, 0.5) is 10.5 Å². The fraction of sp³-hybridized carbons (Fsp3) is 0.0870. The van der Waals surface area contributed by atoms with E-state index in [9.17, 15) is 14.4 Å². The van der Waals surface area contributed by atoms with Gasteiger partial charge in [0.1, 0.15) is 11.3 Å². The third kappa shape index (κ3) is 3.37. The van der Waals surface area contributed by atoms with Crippen molar-refractivity contribution in [2.24, 2.45) is 0 Å². The van der Waals surface area contributed by atoms with Crippen molar-refractivity contribution >= 4 is 29.6 Å². The van der Waals surface area contributed by atoms with Gasteiger partial charge in [-0.1, -0.05) is 18.2 Å². The van der Waals surface area contributed by atoms with E-state index in [1.54, 1.807) is 37.4 Å². The van der Waals surface area contributed by atoms with Crippen LogP contribution in [0.25, 0.3) is 11.8 Å². The van der Waals surface area contributed by atoms with E-state index in [0.29, 0.717) is 11.4 Å². The highest BCUT2D eigenvalue weighted by Crippen LogP contribution is 2.25. The van der Waals surface area contributed by atoms with Gasteiger partial charge in [-0.15, -0.1) is 0 Å². The Balaban J connectivity index is 1.76. The van der Waals surface area contributed by atoms with Gasteiger partial charge in [0.15, 0.2) is 0 Å². The van der Waals surface area contributed by atoms with Crippen molar-refractivity contribution in [3.05, 3.63) is 83.7 Å². The summed E-state index contributed by atoms with van der Waals surface area (Å²) in [5.41, 5.74) is 2.68. The Morgan fingerprint density at radius 2 is 1.57 bits per heavy atom. The average molecular weight is 401 g/mol. The summed E-state index contributed by atoms with van der Waals surface area (Å²) >= 11 is 0. The molecule has 1 saturated heterocycles. The number of carbonyl (C=O) groups is 3. The average Bonchev–Trinajstić information content (AvgIpc) is 3.12. The van der Waals surface area contributed by atoms with Crippen molar-refractivity contribution in [1.29, 1.82) is 0 Å². The molecule has 7 heteroatoms. The normalized spacial score (nSPS) is 15.5. The van der Waals surface area contributed by atoms with Gasteiger partial charge in [-0.25, -0.2) is 9.69 Å². The number of anilines is 1. The number of imide groups is 2. The van der Waals surface area contributed by atoms with Gasteiger partial charge in [0.05, 0.1) is 12.8 Å². The fourth-order valence-corrected chi connectivity index (χ4v) is 3.37. The topological polar surface area (TPSA) is 80.6 Å². The SMILES string of the molecule is COc1ccc(-n2c(C)ccc2/C=C2\C(=O)NC(=O)N(c3ccccc3)C2=O)cc1. The third-order valence-electron chi connectivity index (χ3n) is 4.85. The van der Waals surface area contributed by atoms with Crippen LogP contribution in [0.3, 0.4) is 0 Å². The first-order valence-electron chi connectivity index (χ1n) is 9.29. The molecule has 0 aliphatic carbocycles. The van der Waals surface area contributed by atoms with Crippen LogP contribution in [0, 0.1) is 6.92 Å². The Hall–Kier alpha value is -4.13. The summed E-state index contributed by atoms with van der Waals surface area (Å²) in [4.78, 5) is 38.8. The lowest BCUT2D eigenvalue weighted by atomic mass is 10.1. The number of nitrogens with zero attached hydrogens (tertiary/aromatic N) is 2. The first-order valence-corrected chi connectivity index (χ1v) is 9.29. The number of para-hydroxylation sites is 1. The molecule has 0 spiro atoms. The maximum atomic E-state index is 13.0. The standard InChI is InChI=1S/C23H19N3O4/c1-15-8-9-18(25(15)17-10-12-19(30-2)13-11-17)14-20-21(27)24-23(29)26(22(20)28)16-6-4-3-5-7-16/h3-14H,1-2H3,(H,24,27,29)/b20-14+. The van der Waals surface area contributed by atoms with Crippen molar-refractivity contribution in [2.75, 3.05) is 12.0 Å². The molecule has 0 unspecified atom stereocenters. The van der Waals surface area contributed by atoms with Crippen molar-refractivity contribution in [1.82, 2.24) is 9.88 Å². The molecule has 0 bridgehead atoms. The summed E-state index contributed by atoms with van der Waals surface area (Å²) in [6.07, 6.45) is 1.50. The lowest BCUT2D eigenvalue weighted by Crippen LogP contribution is -2.54. The molecule has 1 N–H and O–H groups in total. The molecule has 0 atom stereocenters. The smallest absolute Gasteiger partial charge is 0.335 e. The number of carbonyl (C=O) groups excluding carboxylic acids is 3. The molecule has 1 aliphatic heterocycles. The number of aryl methyl sites for hydroxylation is 1. The Bertz CT molecular complexity index is 1160. The van der Waals surface area contributed by atoms with E-state index in [4.69, 9.17) is 4.74 Å². The number of urea groups is 1. The zero-order valence-corrected chi connectivity index (χ0v) is 16.5. The highest BCUT2D eigenvalue weighted by Gasteiger charge is 2.36. The van der Waals surface area contributed by atoms with E-state index in [-0.39, 0.29) is 5.57 Å². The van der Waals surface area contributed by atoms with Crippen molar-refractivity contribution in [2.45, 2.75) is 6.92 Å². The minimum absolute atomic E-state index is 0.119. The minimum Gasteiger partial charge on any atom is -0.497 e. The monoisotopic (exact) mass is 401 g/mol. The van der Waals surface area contributed by atoms with Crippen molar-refractivity contribution in [3.63, 3.8) is 0 Å². The molecule has 2 aromatic carbocycles. The molecule has 4 amide bonds. The van der Waals surface area contributed by atoms with E-state index >= 15 is 0 Å². The first kappa shape index (κ1) is 19.2. The second-order valence-electron chi connectivity index (χ2n) is 6.73. The van der Waals surface area contributed by atoms with Gasteiger partial charge in [0.25, 0.3) is 11.8 Å². The summed E-state index contributed by atoms with van der Waals surface area (Å²) < 4.78 is 7.12. The zero-order valence-electron chi connectivity index (χ0n) is 16.5. The maximum absolute atomic E-state index is 13.0. The molecular formula is C23H19N3O4. The maximum Gasteiger partial charge on any atom is 0.335 e. The lowest BCUT2D eigenvalue weighted by Gasteiger charge is -2.26. The van der Waals surface area contributed by atoms with Crippen LogP contribution in [-0.4, -0.2) is 29.5 Å². The Morgan fingerprint density at radius 1 is 0.867 bits per heavy atom. The molecule has 30 heavy (non-hydrogen) atoms. The van der Waals surface area contributed by atoms with E-state index in [1.165, 1.54) is 6.08 Å². The number of aromatic nitrogens is 1. The van der Waals surface area contributed by atoms with Crippen LogP contribution in [0.15, 0.2) is 72.3 Å². The summed E-state index contributed by atoms with van der Waals surface area (Å²) in [7, 11) is 1.60. The van der Waals surface area contributed by atoms with Gasteiger partial charge in [0, 0.05) is 17.1 Å². The third-order valence-corrected chi connectivity index (χ3v) is 4.85. The number of rotatable bonds is 4. The van der Waals surface area contributed by atoms with Crippen LogP contribution in [-0.2, 0) is 9.59 Å². The summed E-state index contributed by atoms with van der Waals surface area (Å²) in [5, 5.41) is 2.24. The van der Waals surface area contributed by atoms with E-state index in [0.717, 1.165) is 22.0 Å². The van der Waals surface area contributed by atoms with Crippen LogP contribution in [0.1, 0.15) is 11.4 Å². The predicted octanol–water partition coefficient (Wildman–Crippen LogP) is 3.46. The van der Waals surface area contributed by atoms with Crippen LogP contribution >= 0.6 is 0 Å². The van der Waals surface area contributed by atoms with E-state index in [2.05, 4.69) is 5.32 Å². The van der Waals surface area contributed by atoms with Gasteiger partial charge in [-0.3, -0.25) is 14.9 Å². The highest BCUT2D eigenvalue weighted by atomic mass is 16.5. The molecule has 4 rings (SSSR count). The van der Waals surface area contributed by atoms with Crippen molar-refractivity contribution in [3.8, 4) is 11.4 Å². The molecule has 1 aromatic heterocycles. The molecule has 3 aromatic rings. The van der Waals surface area contributed by atoms with Crippen LogP contribution in [0.5, 0.6) is 5.75 Å². The van der Waals surface area contributed by atoms with Crippen LogP contribution < -0.4 is 15.0 Å². The number of methoxy groups -OCH3 is 1. The van der Waals surface area contributed by atoms with Gasteiger partial charge in [0.2, 0.25) is 0 Å². The van der Waals surface area contributed by atoms with Gasteiger partial charge >= 0.3 is 6.03 Å². The number of hydrogen-bond acceptors (Lipinski definition) is 4. The first-order chi connectivity index (χ1) is 14.5. The molecule has 0 saturated carbocycles. The number of amides is 4. The zero-order chi connectivity index (χ0) is 21.3. The molecule has 150 valence electrons. The summed E-state index contributed by atoms with van der Waals surface area (Å²) in [5.74, 6) is -0.672. The molecule has 1 fully saturated rings. The number of nitrogens with one attached hydrogen (secondary N) is 1. The summed E-state index contributed by atoms with van der Waals surface area (Å²) in [6.45, 7) is 1.93. The van der Waals surface area contributed by atoms with Gasteiger partial charge < -0.3 is 9.30 Å². The Labute approximate surface area is 173 Å². The second-order valence-corrected chi connectivity index (χ2v) is 6.73. The molecule has 0 radical (unpaired) electrons. The minimum atomic E-state index is -0.768. The quantitative estimate of drug-likeness (QED) is 0.536. The molecular weight excluding hydrogens is 382 g/mol. The van der Waals surface area contributed by atoms with E-state index in [1.807, 2.05) is 47.9 Å². The molecule has 1 aliphatic rings. The fourth-order valence-electron chi connectivity index (χ4n) is 3.37. The number of barbiturate groups is 1. The number of ether oxygens (including phenoxy) is 1. The Kier molecular flexibility index (Phi) is 4.93. The largest absolute Gasteiger partial charge is 0.497 e. The molecule has 7 nitrogen and oxygen atoms in total. The number of hydrogen-bond donors (Lipinski definition) is 1.